The van der Waals surface area contributed by atoms with Gasteiger partial charge in [-0.1, -0.05) is 17.7 Å². The van der Waals surface area contributed by atoms with Crippen LogP contribution < -0.4 is 15.2 Å². The molecule has 0 aliphatic carbocycles. The Labute approximate surface area is 112 Å². The summed E-state index contributed by atoms with van der Waals surface area (Å²) < 4.78 is 10.2. The molecule has 0 spiro atoms. The average Bonchev–Trinajstić information content (AvgIpc) is 2.28. The van der Waals surface area contributed by atoms with Crippen molar-refractivity contribution in [1.82, 2.24) is 0 Å². The lowest BCUT2D eigenvalue weighted by Gasteiger charge is -2.15. The number of methoxy groups -OCH3 is 2. The second-order valence-corrected chi connectivity index (χ2v) is 3.55. The zero-order valence-corrected chi connectivity index (χ0v) is 11.1. The minimum absolute atomic E-state index is 0. The molecule has 94 valence electrons. The normalized spacial score (nSPS) is 11.0. The van der Waals surface area contributed by atoms with Crippen LogP contribution in [0, 0.1) is 11.3 Å². The first-order chi connectivity index (χ1) is 7.65. The Hall–Kier alpha value is -1.15. The van der Waals surface area contributed by atoms with Crippen molar-refractivity contribution >= 4 is 24.0 Å². The van der Waals surface area contributed by atoms with Gasteiger partial charge in [0.25, 0.3) is 0 Å². The molecule has 0 heterocycles. The summed E-state index contributed by atoms with van der Waals surface area (Å²) >= 11 is 6.13. The predicted molar refractivity (Wildman–Crippen MR) is 69.0 cm³/mol. The Morgan fingerprint density at radius 1 is 1.41 bits per heavy atom. The Morgan fingerprint density at radius 3 is 2.53 bits per heavy atom. The van der Waals surface area contributed by atoms with E-state index in [1.165, 1.54) is 14.2 Å². The Bertz CT molecular complexity index is 419. The van der Waals surface area contributed by atoms with E-state index in [1.54, 1.807) is 12.1 Å². The van der Waals surface area contributed by atoms with Crippen molar-refractivity contribution in [2.75, 3.05) is 14.2 Å². The molecule has 6 heteroatoms. The van der Waals surface area contributed by atoms with Gasteiger partial charge >= 0.3 is 0 Å². The summed E-state index contributed by atoms with van der Waals surface area (Å²) in [5.41, 5.74) is 6.50. The highest BCUT2D eigenvalue weighted by molar-refractivity contribution is 6.33. The zero-order chi connectivity index (χ0) is 12.1. The van der Waals surface area contributed by atoms with Crippen LogP contribution in [0.2, 0.25) is 5.02 Å². The van der Waals surface area contributed by atoms with E-state index >= 15 is 0 Å². The van der Waals surface area contributed by atoms with Gasteiger partial charge in [0, 0.05) is 6.04 Å². The molecule has 0 aliphatic heterocycles. The van der Waals surface area contributed by atoms with Gasteiger partial charge in [-0.05, 0) is 11.6 Å². The molecule has 1 rings (SSSR count). The summed E-state index contributed by atoms with van der Waals surface area (Å²) in [5.74, 6) is 0.982. The predicted octanol–water partition coefficient (Wildman–Crippen LogP) is 2.69. The topological polar surface area (TPSA) is 68.3 Å². The van der Waals surface area contributed by atoms with Crippen LogP contribution in [0.15, 0.2) is 12.1 Å². The lowest BCUT2D eigenvalue weighted by Crippen LogP contribution is -2.10. The van der Waals surface area contributed by atoms with Gasteiger partial charge in [-0.25, -0.2) is 0 Å². The van der Waals surface area contributed by atoms with Crippen molar-refractivity contribution in [3.05, 3.63) is 22.7 Å². The fraction of sp³-hybridized carbons (Fsp3) is 0.364. The number of hydrogen-bond donors (Lipinski definition) is 1. The van der Waals surface area contributed by atoms with Gasteiger partial charge in [0.1, 0.15) is 0 Å². The number of nitriles is 1. The molecule has 0 unspecified atom stereocenters. The van der Waals surface area contributed by atoms with E-state index < -0.39 is 6.04 Å². The molecule has 0 bridgehead atoms. The van der Waals surface area contributed by atoms with Crippen molar-refractivity contribution in [1.29, 1.82) is 5.26 Å². The van der Waals surface area contributed by atoms with Crippen molar-refractivity contribution in [3.63, 3.8) is 0 Å². The molecule has 0 aromatic heterocycles. The molecule has 0 aliphatic rings. The van der Waals surface area contributed by atoms with Gasteiger partial charge in [-0.2, -0.15) is 5.26 Å². The van der Waals surface area contributed by atoms with Crippen molar-refractivity contribution in [2.24, 2.45) is 5.73 Å². The highest BCUT2D eigenvalue weighted by atomic mass is 35.5. The molecule has 17 heavy (non-hydrogen) atoms. The van der Waals surface area contributed by atoms with Crippen LogP contribution in [-0.2, 0) is 0 Å². The van der Waals surface area contributed by atoms with Crippen LogP contribution in [0.3, 0.4) is 0 Å². The fourth-order valence-electron chi connectivity index (χ4n) is 1.40. The molecule has 1 atom stereocenters. The van der Waals surface area contributed by atoms with E-state index in [0.717, 1.165) is 0 Å². The van der Waals surface area contributed by atoms with E-state index in [-0.39, 0.29) is 18.8 Å². The number of halogens is 2. The summed E-state index contributed by atoms with van der Waals surface area (Å²) in [6.45, 7) is 0. The first-order valence-corrected chi connectivity index (χ1v) is 5.06. The lowest BCUT2D eigenvalue weighted by atomic mass is 10.0. The molecular weight excluding hydrogens is 263 g/mol. The third kappa shape index (κ3) is 3.40. The standard InChI is InChI=1S/C11H13ClN2O2.ClH/c1-15-9-4-3-7(8(14)5-6-13)10(12)11(9)16-2;/h3-4,8H,5,14H2,1-2H3;1H/t8-;/m0./s1. The van der Waals surface area contributed by atoms with Crippen LogP contribution in [0.25, 0.3) is 0 Å². The summed E-state index contributed by atoms with van der Waals surface area (Å²) in [6, 6.07) is 5.05. The maximum Gasteiger partial charge on any atom is 0.179 e. The van der Waals surface area contributed by atoms with Gasteiger partial charge in [0.05, 0.1) is 31.7 Å². The van der Waals surface area contributed by atoms with Gasteiger partial charge in [-0.3, -0.25) is 0 Å². The summed E-state index contributed by atoms with van der Waals surface area (Å²) in [4.78, 5) is 0. The molecule has 4 nitrogen and oxygen atoms in total. The second-order valence-electron chi connectivity index (χ2n) is 3.17. The molecule has 0 radical (unpaired) electrons. The van der Waals surface area contributed by atoms with Crippen molar-refractivity contribution in [3.8, 4) is 17.6 Å². The summed E-state index contributed by atoms with van der Waals surface area (Å²) in [6.07, 6.45) is 0.204. The van der Waals surface area contributed by atoms with Crippen LogP contribution in [0.5, 0.6) is 11.5 Å². The van der Waals surface area contributed by atoms with Crippen LogP contribution in [0.4, 0.5) is 0 Å². The van der Waals surface area contributed by atoms with E-state index in [2.05, 4.69) is 0 Å². The minimum atomic E-state index is -0.419. The van der Waals surface area contributed by atoms with Crippen LogP contribution >= 0.6 is 24.0 Å². The van der Waals surface area contributed by atoms with E-state index in [1.807, 2.05) is 6.07 Å². The molecule has 2 N–H and O–H groups in total. The molecule has 0 saturated heterocycles. The average molecular weight is 277 g/mol. The first kappa shape index (κ1) is 15.9. The largest absolute Gasteiger partial charge is 0.493 e. The minimum Gasteiger partial charge on any atom is -0.493 e. The fourth-order valence-corrected chi connectivity index (χ4v) is 1.77. The number of benzene rings is 1. The van der Waals surface area contributed by atoms with E-state index in [0.29, 0.717) is 22.1 Å². The smallest absolute Gasteiger partial charge is 0.179 e. The number of rotatable bonds is 4. The van der Waals surface area contributed by atoms with Gasteiger partial charge in [-0.15, -0.1) is 12.4 Å². The Balaban J connectivity index is 0.00000256. The maximum absolute atomic E-state index is 8.59. The second kappa shape index (κ2) is 7.23. The monoisotopic (exact) mass is 276 g/mol. The maximum atomic E-state index is 8.59. The Morgan fingerprint density at radius 2 is 2.06 bits per heavy atom. The molecule has 0 fully saturated rings. The SMILES string of the molecule is COc1ccc([C@@H](N)CC#N)c(Cl)c1OC.Cl. The lowest BCUT2D eigenvalue weighted by molar-refractivity contribution is 0.354. The first-order valence-electron chi connectivity index (χ1n) is 4.68. The van der Waals surface area contributed by atoms with Gasteiger partial charge in [0.2, 0.25) is 0 Å². The molecule has 1 aromatic carbocycles. The number of hydrogen-bond acceptors (Lipinski definition) is 4. The molecule has 0 saturated carbocycles. The quantitative estimate of drug-likeness (QED) is 0.918. The molecular formula is C11H14Cl2N2O2. The van der Waals surface area contributed by atoms with Crippen molar-refractivity contribution < 1.29 is 9.47 Å². The highest BCUT2D eigenvalue weighted by Gasteiger charge is 2.17. The summed E-state index contributed by atoms with van der Waals surface area (Å²) in [7, 11) is 3.03. The third-order valence-electron chi connectivity index (χ3n) is 2.23. The van der Waals surface area contributed by atoms with Crippen LogP contribution in [-0.4, -0.2) is 14.2 Å². The number of nitrogens with two attached hydrogens (primary N) is 1. The van der Waals surface area contributed by atoms with E-state index in [4.69, 9.17) is 32.1 Å². The van der Waals surface area contributed by atoms with Gasteiger partial charge in [0.15, 0.2) is 11.5 Å². The molecule has 0 amide bonds. The summed E-state index contributed by atoms with van der Waals surface area (Å²) in [5, 5.41) is 8.98. The number of nitrogens with zero attached hydrogens (tertiary/aromatic N) is 1. The van der Waals surface area contributed by atoms with Crippen molar-refractivity contribution in [2.45, 2.75) is 12.5 Å². The molecule has 1 aromatic rings. The third-order valence-corrected chi connectivity index (χ3v) is 2.62. The highest BCUT2D eigenvalue weighted by Crippen LogP contribution is 2.39. The van der Waals surface area contributed by atoms with Gasteiger partial charge < -0.3 is 15.2 Å². The number of ether oxygens (including phenoxy) is 2. The Kier molecular flexibility index (Phi) is 6.74. The van der Waals surface area contributed by atoms with Crippen LogP contribution in [0.1, 0.15) is 18.0 Å². The zero-order valence-electron chi connectivity index (χ0n) is 9.57. The van der Waals surface area contributed by atoms with E-state index in [9.17, 15) is 0 Å².